The molecule has 206 valence electrons. The number of hydrogen-bond donors (Lipinski definition) is 3. The van der Waals surface area contributed by atoms with E-state index in [2.05, 4.69) is 16.0 Å². The highest BCUT2D eigenvalue weighted by Crippen LogP contribution is 2.55. The lowest BCUT2D eigenvalue weighted by Gasteiger charge is -2.39. The van der Waals surface area contributed by atoms with E-state index in [0.29, 0.717) is 35.8 Å². The van der Waals surface area contributed by atoms with Gasteiger partial charge in [-0.2, -0.15) is 0 Å². The van der Waals surface area contributed by atoms with Crippen LogP contribution in [0.15, 0.2) is 24.3 Å². The Morgan fingerprint density at radius 3 is 2.62 bits per heavy atom. The molecule has 4 amide bonds. The van der Waals surface area contributed by atoms with E-state index in [1.807, 2.05) is 12.1 Å². The zero-order chi connectivity index (χ0) is 27.3. The second-order valence-electron chi connectivity index (χ2n) is 11.4. The molecule has 2 aromatic rings. The third-order valence-electron chi connectivity index (χ3n) is 8.57. The SMILES string of the molecule is O=C(NC1CC1)C(=O)C(CC1CCNC1=O)NC(=O)C1CC2(CCN1C(=O)c1cc3cccc(Cl)c3s1)CC2. The topological polar surface area (TPSA) is 125 Å². The van der Waals surface area contributed by atoms with E-state index < -0.39 is 35.6 Å². The summed E-state index contributed by atoms with van der Waals surface area (Å²) >= 11 is 7.65. The van der Waals surface area contributed by atoms with Gasteiger partial charge in [0, 0.05) is 25.0 Å². The zero-order valence-corrected chi connectivity index (χ0v) is 23.0. The number of fused-ring (bicyclic) bond motifs is 1. The minimum Gasteiger partial charge on any atom is -0.356 e. The molecule has 2 saturated heterocycles. The Bertz CT molecular complexity index is 1370. The van der Waals surface area contributed by atoms with E-state index in [9.17, 15) is 24.0 Å². The number of amides is 4. The van der Waals surface area contributed by atoms with Crippen molar-refractivity contribution in [2.75, 3.05) is 13.1 Å². The predicted octanol–water partition coefficient (Wildman–Crippen LogP) is 2.80. The second kappa shape index (κ2) is 10.2. The molecule has 0 radical (unpaired) electrons. The smallest absolute Gasteiger partial charge is 0.289 e. The fourth-order valence-electron chi connectivity index (χ4n) is 5.81. The first-order chi connectivity index (χ1) is 18.7. The standard InChI is InChI=1S/C28H31ClN4O5S/c29-18-3-1-2-15-13-21(39-23(15)18)27(38)33-11-9-28(7-8-28)14-20(33)25(36)32-19(12-16-6-10-30-24(16)35)22(34)26(37)31-17-4-5-17/h1-3,13,16-17,19-20H,4-12,14H2,(H,30,35)(H,31,37)(H,32,36). The van der Waals surface area contributed by atoms with Crippen molar-refractivity contribution in [1.82, 2.24) is 20.9 Å². The number of thiophene rings is 1. The Morgan fingerprint density at radius 1 is 1.15 bits per heavy atom. The van der Waals surface area contributed by atoms with Gasteiger partial charge in [0.1, 0.15) is 6.04 Å². The molecule has 1 aromatic carbocycles. The van der Waals surface area contributed by atoms with Crippen molar-refractivity contribution in [3.63, 3.8) is 0 Å². The van der Waals surface area contributed by atoms with Crippen molar-refractivity contribution in [3.8, 4) is 0 Å². The number of Topliss-reactive ketones (excluding diaryl/α,β-unsaturated/α-hetero) is 1. The van der Waals surface area contributed by atoms with Crippen LogP contribution in [0.25, 0.3) is 10.1 Å². The molecule has 2 saturated carbocycles. The van der Waals surface area contributed by atoms with Gasteiger partial charge in [-0.15, -0.1) is 11.3 Å². The average molecular weight is 571 g/mol. The Balaban J connectivity index is 1.24. The molecule has 9 nitrogen and oxygen atoms in total. The highest BCUT2D eigenvalue weighted by Gasteiger charge is 2.51. The minimum absolute atomic E-state index is 0.0106. The Morgan fingerprint density at radius 2 is 1.95 bits per heavy atom. The quantitative estimate of drug-likeness (QED) is 0.421. The van der Waals surface area contributed by atoms with Crippen LogP contribution in [0.2, 0.25) is 5.02 Å². The maximum atomic E-state index is 13.8. The molecule has 6 rings (SSSR count). The first-order valence-electron chi connectivity index (χ1n) is 13.6. The lowest BCUT2D eigenvalue weighted by molar-refractivity contribution is -0.141. The summed E-state index contributed by atoms with van der Waals surface area (Å²) in [5.41, 5.74) is 0.0381. The van der Waals surface area contributed by atoms with Gasteiger partial charge >= 0.3 is 0 Å². The fraction of sp³-hybridized carbons (Fsp3) is 0.536. The lowest BCUT2D eigenvalue weighted by Crippen LogP contribution is -2.58. The van der Waals surface area contributed by atoms with Crippen LogP contribution in [0.3, 0.4) is 0 Å². The van der Waals surface area contributed by atoms with Crippen LogP contribution in [0.4, 0.5) is 0 Å². The van der Waals surface area contributed by atoms with Crippen molar-refractivity contribution in [1.29, 1.82) is 0 Å². The summed E-state index contributed by atoms with van der Waals surface area (Å²) in [4.78, 5) is 67.7. The number of halogens is 1. The maximum Gasteiger partial charge on any atom is 0.289 e. The lowest BCUT2D eigenvalue weighted by atomic mass is 9.86. The molecule has 2 aliphatic carbocycles. The van der Waals surface area contributed by atoms with Crippen molar-refractivity contribution in [2.24, 2.45) is 11.3 Å². The van der Waals surface area contributed by atoms with E-state index in [-0.39, 0.29) is 29.7 Å². The van der Waals surface area contributed by atoms with Gasteiger partial charge in [-0.3, -0.25) is 24.0 Å². The summed E-state index contributed by atoms with van der Waals surface area (Å²) in [7, 11) is 0. The van der Waals surface area contributed by atoms with E-state index in [1.54, 1.807) is 17.0 Å². The average Bonchev–Trinajstić information content (AvgIpc) is 3.80. The number of carbonyl (C=O) groups is 5. The number of nitrogens with one attached hydrogen (secondary N) is 3. The summed E-state index contributed by atoms with van der Waals surface area (Å²) in [6.07, 6.45) is 5.58. The van der Waals surface area contributed by atoms with E-state index in [4.69, 9.17) is 11.6 Å². The Kier molecular flexibility index (Phi) is 6.87. The highest BCUT2D eigenvalue weighted by molar-refractivity contribution is 7.21. The van der Waals surface area contributed by atoms with Gasteiger partial charge in [-0.25, -0.2) is 0 Å². The number of rotatable bonds is 8. The van der Waals surface area contributed by atoms with Gasteiger partial charge in [0.05, 0.1) is 20.6 Å². The van der Waals surface area contributed by atoms with Gasteiger partial charge in [-0.05, 0) is 74.3 Å². The number of nitrogens with zero attached hydrogens (tertiary/aromatic N) is 1. The normalized spacial score (nSPS) is 24.3. The molecule has 4 aliphatic rings. The maximum absolute atomic E-state index is 13.8. The summed E-state index contributed by atoms with van der Waals surface area (Å²) < 4.78 is 0.821. The summed E-state index contributed by atoms with van der Waals surface area (Å²) in [5.74, 6) is -2.82. The number of hydrogen-bond acceptors (Lipinski definition) is 6. The molecule has 4 fully saturated rings. The van der Waals surface area contributed by atoms with Gasteiger partial charge in [0.25, 0.3) is 11.8 Å². The highest BCUT2D eigenvalue weighted by atomic mass is 35.5. The summed E-state index contributed by atoms with van der Waals surface area (Å²) in [6, 6.07) is 5.40. The van der Waals surface area contributed by atoms with Crippen LogP contribution >= 0.6 is 22.9 Å². The molecule has 3 heterocycles. The first-order valence-corrected chi connectivity index (χ1v) is 14.8. The Labute approximate surface area is 235 Å². The molecule has 1 aromatic heterocycles. The van der Waals surface area contributed by atoms with Crippen LogP contribution in [0, 0.1) is 11.3 Å². The third-order valence-corrected chi connectivity index (χ3v) is 10.2. The predicted molar refractivity (Wildman–Crippen MR) is 146 cm³/mol. The van der Waals surface area contributed by atoms with Gasteiger partial charge in [0.2, 0.25) is 17.6 Å². The van der Waals surface area contributed by atoms with E-state index in [1.165, 1.54) is 11.3 Å². The van der Waals surface area contributed by atoms with Crippen molar-refractivity contribution >= 4 is 62.4 Å². The molecule has 3 unspecified atom stereocenters. The minimum atomic E-state index is -1.14. The molecule has 1 spiro atoms. The van der Waals surface area contributed by atoms with Crippen molar-refractivity contribution < 1.29 is 24.0 Å². The van der Waals surface area contributed by atoms with Crippen molar-refractivity contribution in [3.05, 3.63) is 34.2 Å². The van der Waals surface area contributed by atoms with Crippen LogP contribution < -0.4 is 16.0 Å². The monoisotopic (exact) mass is 570 g/mol. The number of carbonyl (C=O) groups excluding carboxylic acids is 5. The van der Waals surface area contributed by atoms with Gasteiger partial charge in [-0.1, -0.05) is 23.7 Å². The van der Waals surface area contributed by atoms with Crippen LogP contribution in [0.1, 0.15) is 61.0 Å². The fourth-order valence-corrected chi connectivity index (χ4v) is 7.13. The third kappa shape index (κ3) is 5.41. The molecule has 11 heteroatoms. The van der Waals surface area contributed by atoms with E-state index >= 15 is 0 Å². The zero-order valence-electron chi connectivity index (χ0n) is 21.5. The number of piperidine rings is 1. The number of ketones is 1. The van der Waals surface area contributed by atoms with Crippen LogP contribution in [0.5, 0.6) is 0 Å². The summed E-state index contributed by atoms with van der Waals surface area (Å²) in [6.45, 7) is 0.934. The van der Waals surface area contributed by atoms with Gasteiger partial charge < -0.3 is 20.9 Å². The number of benzene rings is 1. The van der Waals surface area contributed by atoms with Gasteiger partial charge in [0.15, 0.2) is 0 Å². The molecular weight excluding hydrogens is 540 g/mol. The molecule has 2 aliphatic heterocycles. The largest absolute Gasteiger partial charge is 0.356 e. The molecular formula is C28H31ClN4O5S. The Hall–Kier alpha value is -2.98. The summed E-state index contributed by atoms with van der Waals surface area (Å²) in [5, 5.41) is 9.70. The molecule has 3 N–H and O–H groups in total. The van der Waals surface area contributed by atoms with Crippen LogP contribution in [-0.4, -0.2) is 65.5 Å². The second-order valence-corrected chi connectivity index (χ2v) is 12.9. The van der Waals surface area contributed by atoms with Crippen molar-refractivity contribution in [2.45, 2.75) is 69.5 Å². The molecule has 0 bridgehead atoms. The number of likely N-dealkylation sites (tertiary alicyclic amines) is 1. The van der Waals surface area contributed by atoms with E-state index in [0.717, 1.165) is 42.2 Å². The molecule has 39 heavy (non-hydrogen) atoms. The molecule has 3 atom stereocenters. The first kappa shape index (κ1) is 26.3. The van der Waals surface area contributed by atoms with Crippen LogP contribution in [-0.2, 0) is 19.2 Å².